The topological polar surface area (TPSA) is 73.3 Å². The minimum Gasteiger partial charge on any atom is -0.394 e. The molecule has 4 N–H and O–H groups in total. The van der Waals surface area contributed by atoms with Crippen molar-refractivity contribution in [2.45, 2.75) is 18.9 Å². The molecule has 1 saturated heterocycles. The Bertz CT molecular complexity index is 380. The maximum atomic E-state index is 9.24. The summed E-state index contributed by atoms with van der Waals surface area (Å²) in [5.41, 5.74) is 7.24. The van der Waals surface area contributed by atoms with Gasteiger partial charge in [-0.15, -0.1) is 12.4 Å². The highest BCUT2D eigenvalue weighted by atomic mass is 35.5. The molecule has 0 amide bonds. The molecular weight excluding hydrogens is 238 g/mol. The van der Waals surface area contributed by atoms with Crippen molar-refractivity contribution in [3.8, 4) is 0 Å². The van der Waals surface area contributed by atoms with E-state index in [0.29, 0.717) is 0 Å². The van der Waals surface area contributed by atoms with Gasteiger partial charge in [0, 0.05) is 17.8 Å². The first kappa shape index (κ1) is 13.8. The standard InChI is InChI=1S/C12H17N3O.ClH/c13-12(14)9-3-5-10(6-4-9)15-7-1-2-11(15)8-16;/h3-6,11,16H,1-2,7-8H2,(H3,13,14);1H. The van der Waals surface area contributed by atoms with Crippen LogP contribution in [0, 0.1) is 5.41 Å². The van der Waals surface area contributed by atoms with Gasteiger partial charge >= 0.3 is 0 Å². The third-order valence-corrected chi connectivity index (χ3v) is 3.10. The maximum Gasteiger partial charge on any atom is 0.122 e. The predicted molar refractivity (Wildman–Crippen MR) is 72.2 cm³/mol. The Kier molecular flexibility index (Phi) is 4.78. The van der Waals surface area contributed by atoms with E-state index in [1.807, 2.05) is 24.3 Å². The number of benzene rings is 1. The monoisotopic (exact) mass is 255 g/mol. The Labute approximate surface area is 107 Å². The zero-order valence-corrected chi connectivity index (χ0v) is 10.4. The van der Waals surface area contributed by atoms with E-state index < -0.39 is 0 Å². The van der Waals surface area contributed by atoms with Gasteiger partial charge in [-0.1, -0.05) is 0 Å². The van der Waals surface area contributed by atoms with Crippen molar-refractivity contribution in [3.63, 3.8) is 0 Å². The Hall–Kier alpha value is -1.26. The third-order valence-electron chi connectivity index (χ3n) is 3.10. The van der Waals surface area contributed by atoms with Crippen molar-refractivity contribution in [2.24, 2.45) is 5.73 Å². The molecule has 2 rings (SSSR count). The highest BCUT2D eigenvalue weighted by molar-refractivity contribution is 5.95. The van der Waals surface area contributed by atoms with E-state index in [4.69, 9.17) is 11.1 Å². The van der Waals surface area contributed by atoms with Crippen LogP contribution < -0.4 is 10.6 Å². The van der Waals surface area contributed by atoms with Crippen molar-refractivity contribution >= 4 is 23.9 Å². The van der Waals surface area contributed by atoms with Crippen LogP contribution in [-0.2, 0) is 0 Å². The van der Waals surface area contributed by atoms with Crippen molar-refractivity contribution in [1.29, 1.82) is 5.41 Å². The van der Waals surface area contributed by atoms with Gasteiger partial charge in [-0.05, 0) is 37.1 Å². The second-order valence-corrected chi connectivity index (χ2v) is 4.13. The maximum absolute atomic E-state index is 9.24. The molecule has 1 unspecified atom stereocenters. The molecule has 1 aliphatic rings. The lowest BCUT2D eigenvalue weighted by atomic mass is 10.1. The molecule has 17 heavy (non-hydrogen) atoms. The molecule has 0 aliphatic carbocycles. The van der Waals surface area contributed by atoms with Gasteiger partial charge in [0.2, 0.25) is 0 Å². The fourth-order valence-corrected chi connectivity index (χ4v) is 2.20. The Balaban J connectivity index is 0.00000144. The van der Waals surface area contributed by atoms with Crippen LogP contribution in [0.15, 0.2) is 24.3 Å². The molecule has 1 fully saturated rings. The number of hydrogen-bond acceptors (Lipinski definition) is 3. The number of halogens is 1. The van der Waals surface area contributed by atoms with Crippen LogP contribution in [0.1, 0.15) is 18.4 Å². The number of amidine groups is 1. The molecule has 5 heteroatoms. The molecule has 0 radical (unpaired) electrons. The molecule has 1 aliphatic heterocycles. The Morgan fingerprint density at radius 1 is 1.41 bits per heavy atom. The number of hydrogen-bond donors (Lipinski definition) is 3. The number of anilines is 1. The van der Waals surface area contributed by atoms with Crippen molar-refractivity contribution in [2.75, 3.05) is 18.1 Å². The Morgan fingerprint density at radius 2 is 2.06 bits per heavy atom. The summed E-state index contributed by atoms with van der Waals surface area (Å²) >= 11 is 0. The molecular formula is C12H18ClN3O. The summed E-state index contributed by atoms with van der Waals surface area (Å²) in [4.78, 5) is 2.21. The summed E-state index contributed by atoms with van der Waals surface area (Å²) in [6.07, 6.45) is 2.17. The number of nitrogens with two attached hydrogens (primary N) is 1. The summed E-state index contributed by atoms with van der Waals surface area (Å²) in [5.74, 6) is 0.0895. The van der Waals surface area contributed by atoms with Crippen LogP contribution in [0.3, 0.4) is 0 Å². The predicted octanol–water partition coefficient (Wildman–Crippen LogP) is 1.35. The minimum atomic E-state index is 0. The minimum absolute atomic E-state index is 0. The second-order valence-electron chi connectivity index (χ2n) is 4.13. The number of nitrogen functional groups attached to an aromatic ring is 1. The normalized spacial score (nSPS) is 18.9. The van der Waals surface area contributed by atoms with Crippen LogP contribution in [-0.4, -0.2) is 30.1 Å². The van der Waals surface area contributed by atoms with Gasteiger partial charge in [0.05, 0.1) is 12.6 Å². The molecule has 1 atom stereocenters. The molecule has 0 saturated carbocycles. The first-order valence-corrected chi connectivity index (χ1v) is 5.54. The van der Waals surface area contributed by atoms with Crippen LogP contribution >= 0.6 is 12.4 Å². The molecule has 0 spiro atoms. The highest BCUT2D eigenvalue weighted by Gasteiger charge is 2.23. The lowest BCUT2D eigenvalue weighted by molar-refractivity contribution is 0.266. The first-order chi connectivity index (χ1) is 7.72. The molecule has 0 aromatic heterocycles. The van der Waals surface area contributed by atoms with Crippen LogP contribution in [0.4, 0.5) is 5.69 Å². The van der Waals surface area contributed by atoms with Crippen LogP contribution in [0.5, 0.6) is 0 Å². The summed E-state index contributed by atoms with van der Waals surface area (Å²) < 4.78 is 0. The van der Waals surface area contributed by atoms with Gasteiger partial charge in [-0.25, -0.2) is 0 Å². The number of rotatable bonds is 3. The van der Waals surface area contributed by atoms with E-state index in [1.54, 1.807) is 0 Å². The van der Waals surface area contributed by atoms with Crippen molar-refractivity contribution in [3.05, 3.63) is 29.8 Å². The highest BCUT2D eigenvalue weighted by Crippen LogP contribution is 2.25. The lowest BCUT2D eigenvalue weighted by Crippen LogP contribution is -2.31. The summed E-state index contributed by atoms with van der Waals surface area (Å²) in [6, 6.07) is 7.87. The lowest BCUT2D eigenvalue weighted by Gasteiger charge is -2.25. The third kappa shape index (κ3) is 2.90. The fraction of sp³-hybridized carbons (Fsp3) is 0.417. The molecule has 4 nitrogen and oxygen atoms in total. The van der Waals surface area contributed by atoms with E-state index >= 15 is 0 Å². The van der Waals surface area contributed by atoms with E-state index in [-0.39, 0.29) is 30.9 Å². The molecule has 1 heterocycles. The zero-order chi connectivity index (χ0) is 11.5. The number of nitrogens with one attached hydrogen (secondary N) is 1. The van der Waals surface area contributed by atoms with Crippen molar-refractivity contribution in [1.82, 2.24) is 0 Å². The van der Waals surface area contributed by atoms with Gasteiger partial charge in [0.25, 0.3) is 0 Å². The molecule has 94 valence electrons. The van der Waals surface area contributed by atoms with E-state index in [0.717, 1.165) is 30.6 Å². The SMILES string of the molecule is Cl.N=C(N)c1ccc(N2CCCC2CO)cc1. The summed E-state index contributed by atoms with van der Waals surface area (Å²) in [7, 11) is 0. The smallest absolute Gasteiger partial charge is 0.122 e. The van der Waals surface area contributed by atoms with E-state index in [2.05, 4.69) is 4.90 Å². The average molecular weight is 256 g/mol. The summed E-state index contributed by atoms with van der Waals surface area (Å²) in [6.45, 7) is 1.19. The Morgan fingerprint density at radius 3 is 2.59 bits per heavy atom. The van der Waals surface area contributed by atoms with Gasteiger partial charge in [0.15, 0.2) is 0 Å². The van der Waals surface area contributed by atoms with Crippen LogP contribution in [0.25, 0.3) is 0 Å². The van der Waals surface area contributed by atoms with Crippen LogP contribution in [0.2, 0.25) is 0 Å². The molecule has 1 aromatic carbocycles. The van der Waals surface area contributed by atoms with Gasteiger partial charge in [0.1, 0.15) is 5.84 Å². The largest absolute Gasteiger partial charge is 0.394 e. The molecule has 0 bridgehead atoms. The van der Waals surface area contributed by atoms with Gasteiger partial charge in [-0.3, -0.25) is 5.41 Å². The average Bonchev–Trinajstić information content (AvgIpc) is 2.77. The van der Waals surface area contributed by atoms with Gasteiger partial charge < -0.3 is 15.7 Å². The van der Waals surface area contributed by atoms with E-state index in [9.17, 15) is 5.11 Å². The zero-order valence-electron chi connectivity index (χ0n) is 9.60. The van der Waals surface area contributed by atoms with Crippen molar-refractivity contribution < 1.29 is 5.11 Å². The second kappa shape index (κ2) is 5.89. The summed E-state index contributed by atoms with van der Waals surface area (Å²) in [5, 5.41) is 16.6. The number of nitrogens with zero attached hydrogens (tertiary/aromatic N) is 1. The van der Waals surface area contributed by atoms with Gasteiger partial charge in [-0.2, -0.15) is 0 Å². The first-order valence-electron chi connectivity index (χ1n) is 5.54. The molecule has 1 aromatic rings. The van der Waals surface area contributed by atoms with E-state index in [1.165, 1.54) is 0 Å². The fourth-order valence-electron chi connectivity index (χ4n) is 2.20. The number of aliphatic hydroxyl groups excluding tert-OH is 1. The quantitative estimate of drug-likeness (QED) is 0.564. The number of aliphatic hydroxyl groups is 1.